The summed E-state index contributed by atoms with van der Waals surface area (Å²) in [5, 5.41) is 20.8. The summed E-state index contributed by atoms with van der Waals surface area (Å²) in [7, 11) is 0. The van der Waals surface area contributed by atoms with Gasteiger partial charge in [-0.3, -0.25) is 14.6 Å². The Hall–Kier alpha value is -1.14. The maximum Gasteiger partial charge on any atom is 0.339 e. The number of aliphatic carboxylic acids is 2. The van der Waals surface area contributed by atoms with E-state index in [4.69, 9.17) is 5.11 Å². The SMILES string of the molecule is CCCCCCCCC1CCN(C(CCCCCCCC(=O)O)(C(=O)O)N2CCC(CCCCCCCC)C(C)(C)C2(C)C)C(C)(C)C1(C)C. The monoisotopic (exact) mass is 705 g/mol. The maximum atomic E-state index is 14.3. The van der Waals surface area contributed by atoms with Crippen molar-refractivity contribution < 1.29 is 19.8 Å². The van der Waals surface area contributed by atoms with Crippen LogP contribution in [0.1, 0.15) is 217 Å². The van der Waals surface area contributed by atoms with Gasteiger partial charge < -0.3 is 10.2 Å². The third-order valence-corrected chi connectivity index (χ3v) is 14.9. The van der Waals surface area contributed by atoms with Crippen molar-refractivity contribution in [2.24, 2.45) is 22.7 Å². The minimum absolute atomic E-state index is 0.0397. The number of rotatable bonds is 25. The molecule has 0 aromatic carbocycles. The lowest BCUT2D eigenvalue weighted by Crippen LogP contribution is -2.80. The highest BCUT2D eigenvalue weighted by Crippen LogP contribution is 2.57. The van der Waals surface area contributed by atoms with Crippen LogP contribution in [0.5, 0.6) is 0 Å². The number of carbonyl (C=O) groups is 2. The molecule has 294 valence electrons. The van der Waals surface area contributed by atoms with E-state index < -0.39 is 17.6 Å². The number of carboxylic acids is 2. The van der Waals surface area contributed by atoms with Gasteiger partial charge in [-0.1, -0.05) is 138 Å². The maximum absolute atomic E-state index is 14.3. The molecular weight excluding hydrogens is 620 g/mol. The molecule has 0 bridgehead atoms. The fourth-order valence-electron chi connectivity index (χ4n) is 10.1. The predicted octanol–water partition coefficient (Wildman–Crippen LogP) is 12.3. The van der Waals surface area contributed by atoms with Gasteiger partial charge in [0.05, 0.1) is 0 Å². The van der Waals surface area contributed by atoms with Gasteiger partial charge in [0.2, 0.25) is 0 Å². The van der Waals surface area contributed by atoms with Gasteiger partial charge in [-0.15, -0.1) is 0 Å². The molecule has 2 heterocycles. The second-order valence-corrected chi connectivity index (χ2v) is 18.7. The molecule has 2 aliphatic heterocycles. The molecule has 2 saturated heterocycles. The van der Waals surface area contributed by atoms with Crippen LogP contribution < -0.4 is 0 Å². The first kappa shape index (κ1) is 45.0. The number of carboxylic acid groups (broad SMARTS) is 2. The summed E-state index contributed by atoms with van der Waals surface area (Å²) in [6, 6.07) is 0. The van der Waals surface area contributed by atoms with Crippen molar-refractivity contribution in [2.45, 2.75) is 234 Å². The zero-order valence-corrected chi connectivity index (χ0v) is 34.9. The lowest BCUT2D eigenvalue weighted by atomic mass is 9.57. The molecule has 6 nitrogen and oxygen atoms in total. The molecule has 0 amide bonds. The number of piperidine rings is 2. The zero-order chi connectivity index (χ0) is 37.6. The zero-order valence-electron chi connectivity index (χ0n) is 34.9. The van der Waals surface area contributed by atoms with Crippen LogP contribution in [0.4, 0.5) is 0 Å². The van der Waals surface area contributed by atoms with Crippen LogP contribution in [0, 0.1) is 22.7 Å². The van der Waals surface area contributed by atoms with Gasteiger partial charge in [-0.25, -0.2) is 4.79 Å². The first-order valence-corrected chi connectivity index (χ1v) is 21.5. The van der Waals surface area contributed by atoms with E-state index in [9.17, 15) is 14.7 Å². The number of unbranched alkanes of at least 4 members (excludes halogenated alkanes) is 14. The van der Waals surface area contributed by atoms with Crippen molar-refractivity contribution in [3.05, 3.63) is 0 Å². The Kier molecular flexibility index (Phi) is 18.3. The molecule has 2 unspecified atom stereocenters. The second kappa shape index (κ2) is 20.4. The average molecular weight is 705 g/mol. The Morgan fingerprint density at radius 2 is 0.920 bits per heavy atom. The Bertz CT molecular complexity index is 946. The van der Waals surface area contributed by atoms with Crippen LogP contribution in [0.3, 0.4) is 0 Å². The normalized spacial score (nSPS) is 24.5. The Morgan fingerprint density at radius 3 is 1.30 bits per heavy atom. The van der Waals surface area contributed by atoms with Crippen LogP contribution in [0.15, 0.2) is 0 Å². The summed E-state index contributed by atoms with van der Waals surface area (Å²) in [5.74, 6) is -0.259. The molecule has 50 heavy (non-hydrogen) atoms. The van der Waals surface area contributed by atoms with Crippen molar-refractivity contribution in [3.63, 3.8) is 0 Å². The molecule has 0 saturated carbocycles. The minimum Gasteiger partial charge on any atom is -0.481 e. The van der Waals surface area contributed by atoms with Gasteiger partial charge in [0.15, 0.2) is 5.66 Å². The highest BCUT2D eigenvalue weighted by molar-refractivity contribution is 5.79. The van der Waals surface area contributed by atoms with Crippen LogP contribution in [-0.4, -0.2) is 61.8 Å². The lowest BCUT2D eigenvalue weighted by Gasteiger charge is -2.68. The molecule has 2 aliphatic rings. The van der Waals surface area contributed by atoms with Gasteiger partial charge in [-0.2, -0.15) is 0 Å². The van der Waals surface area contributed by atoms with E-state index in [2.05, 4.69) is 79.0 Å². The molecule has 0 aromatic heterocycles. The summed E-state index contributed by atoms with van der Waals surface area (Å²) in [6.45, 7) is 25.3. The van der Waals surface area contributed by atoms with Gasteiger partial charge in [-0.05, 0) is 95.3 Å². The van der Waals surface area contributed by atoms with Crippen LogP contribution in [0.2, 0.25) is 0 Å². The van der Waals surface area contributed by atoms with E-state index in [-0.39, 0.29) is 28.3 Å². The molecule has 0 aliphatic carbocycles. The van der Waals surface area contributed by atoms with Crippen LogP contribution >= 0.6 is 0 Å². The van der Waals surface area contributed by atoms with Gasteiger partial charge in [0, 0.05) is 30.6 Å². The van der Waals surface area contributed by atoms with E-state index in [0.717, 1.165) is 51.6 Å². The number of nitrogens with zero attached hydrogens (tertiary/aromatic N) is 2. The summed E-state index contributed by atoms with van der Waals surface area (Å²) < 4.78 is 0. The first-order valence-electron chi connectivity index (χ1n) is 21.5. The minimum atomic E-state index is -1.10. The Morgan fingerprint density at radius 1 is 0.560 bits per heavy atom. The van der Waals surface area contributed by atoms with E-state index in [1.807, 2.05) is 0 Å². The van der Waals surface area contributed by atoms with Crippen LogP contribution in [0.25, 0.3) is 0 Å². The summed E-state index contributed by atoms with van der Waals surface area (Å²) in [5.41, 5.74) is -1.80. The molecule has 0 spiro atoms. The van der Waals surface area contributed by atoms with Crippen molar-refractivity contribution in [1.82, 2.24) is 9.80 Å². The molecule has 2 N–H and O–H groups in total. The topological polar surface area (TPSA) is 81.1 Å². The molecule has 6 heteroatoms. The Labute approximate surface area is 310 Å². The summed E-state index contributed by atoms with van der Waals surface area (Å²) in [6.07, 6.45) is 25.4. The third-order valence-electron chi connectivity index (χ3n) is 14.9. The third kappa shape index (κ3) is 10.7. The average Bonchev–Trinajstić information content (AvgIpc) is 3.03. The largest absolute Gasteiger partial charge is 0.481 e. The van der Waals surface area contributed by atoms with Gasteiger partial charge >= 0.3 is 11.9 Å². The first-order chi connectivity index (χ1) is 23.5. The fourth-order valence-corrected chi connectivity index (χ4v) is 10.1. The van der Waals surface area contributed by atoms with Crippen molar-refractivity contribution in [1.29, 1.82) is 0 Å². The molecule has 0 aromatic rings. The number of hydrogen-bond acceptors (Lipinski definition) is 4. The molecule has 2 atom stereocenters. The molecule has 0 radical (unpaired) electrons. The van der Waals surface area contributed by atoms with Crippen LogP contribution in [-0.2, 0) is 9.59 Å². The molecule has 2 fully saturated rings. The van der Waals surface area contributed by atoms with Gasteiger partial charge in [0.25, 0.3) is 0 Å². The van der Waals surface area contributed by atoms with Crippen molar-refractivity contribution in [3.8, 4) is 0 Å². The number of hydrogen-bond donors (Lipinski definition) is 2. The Balaban J connectivity index is 2.41. The van der Waals surface area contributed by atoms with E-state index in [0.29, 0.717) is 24.7 Å². The van der Waals surface area contributed by atoms with Crippen molar-refractivity contribution in [2.75, 3.05) is 13.1 Å². The second-order valence-electron chi connectivity index (χ2n) is 18.7. The van der Waals surface area contributed by atoms with E-state index in [1.165, 1.54) is 89.9 Å². The van der Waals surface area contributed by atoms with E-state index >= 15 is 0 Å². The van der Waals surface area contributed by atoms with Crippen molar-refractivity contribution >= 4 is 11.9 Å². The highest BCUT2D eigenvalue weighted by Gasteiger charge is 2.65. The predicted molar refractivity (Wildman–Crippen MR) is 212 cm³/mol. The summed E-state index contributed by atoms with van der Waals surface area (Å²) >= 11 is 0. The van der Waals surface area contributed by atoms with E-state index in [1.54, 1.807) is 0 Å². The fraction of sp³-hybridized carbons (Fsp3) is 0.955. The highest BCUT2D eigenvalue weighted by atomic mass is 16.4. The molecule has 2 rings (SSSR count). The summed E-state index contributed by atoms with van der Waals surface area (Å²) in [4.78, 5) is 30.3. The standard InChI is InChI=1S/C44H84N2O4/c1-11-13-15-17-20-24-28-36-31-34-45(42(7,8)40(36,3)4)44(39(49)50,33-27-23-19-22-26-30-38(47)48)46-35-32-37(41(5,6)43(46,9)10)29-25-21-18-16-14-12-2/h36-37H,11-35H2,1-10H3,(H,47,48)(H,49,50). The smallest absolute Gasteiger partial charge is 0.339 e. The van der Waals surface area contributed by atoms with Gasteiger partial charge in [0.1, 0.15) is 0 Å². The molecular formula is C44H84N2O4. The quantitative estimate of drug-likeness (QED) is 0.0921. The lowest BCUT2D eigenvalue weighted by molar-refractivity contribution is -0.239. The number of likely N-dealkylation sites (tertiary alicyclic amines) is 2.